The van der Waals surface area contributed by atoms with Crippen molar-refractivity contribution in [1.29, 1.82) is 0 Å². The maximum atomic E-state index is 9.62. The van der Waals surface area contributed by atoms with Gasteiger partial charge in [-0.1, -0.05) is 6.07 Å². The summed E-state index contributed by atoms with van der Waals surface area (Å²) >= 11 is 0. The van der Waals surface area contributed by atoms with E-state index in [9.17, 15) is 5.11 Å². The quantitative estimate of drug-likeness (QED) is 0.885. The van der Waals surface area contributed by atoms with Gasteiger partial charge in [0.2, 0.25) is 0 Å². The molecule has 2 aromatic rings. The van der Waals surface area contributed by atoms with Gasteiger partial charge in [0.1, 0.15) is 11.4 Å². The number of aromatic nitrogens is 1. The van der Waals surface area contributed by atoms with Crippen LogP contribution in [0.15, 0.2) is 36.5 Å². The number of methoxy groups -OCH3 is 2. The number of phenolic OH excluding ortho intramolecular Hbond substituents is 1. The maximum absolute atomic E-state index is 9.62. The molecule has 2 rings (SSSR count). The van der Waals surface area contributed by atoms with Gasteiger partial charge in [0.25, 0.3) is 0 Å². The van der Waals surface area contributed by atoms with Crippen molar-refractivity contribution in [3.63, 3.8) is 0 Å². The molecular formula is C16H20N2O3. The van der Waals surface area contributed by atoms with Crippen LogP contribution in [0.4, 0.5) is 5.69 Å². The van der Waals surface area contributed by atoms with E-state index in [1.807, 2.05) is 12.1 Å². The molecule has 0 saturated carbocycles. The van der Waals surface area contributed by atoms with Gasteiger partial charge in [-0.15, -0.1) is 0 Å². The molecule has 0 radical (unpaired) electrons. The van der Waals surface area contributed by atoms with Crippen LogP contribution in [0.5, 0.6) is 17.2 Å². The smallest absolute Gasteiger partial charge is 0.184 e. The topological polar surface area (TPSA) is 54.8 Å². The highest BCUT2D eigenvalue weighted by molar-refractivity contribution is 5.52. The minimum absolute atomic E-state index is 0.247. The van der Waals surface area contributed by atoms with Gasteiger partial charge in [-0.2, -0.15) is 0 Å². The molecule has 0 fully saturated rings. The predicted molar refractivity (Wildman–Crippen MR) is 82.2 cm³/mol. The molecule has 1 aromatic heterocycles. The molecule has 1 aromatic carbocycles. The SMILES string of the molecule is CCN(Cc1nccc(OC)c1OC)c1cccc(O)c1. The van der Waals surface area contributed by atoms with E-state index in [-0.39, 0.29) is 5.75 Å². The van der Waals surface area contributed by atoms with E-state index in [1.54, 1.807) is 38.6 Å². The first-order valence-electron chi connectivity index (χ1n) is 6.79. The van der Waals surface area contributed by atoms with Crippen molar-refractivity contribution in [1.82, 2.24) is 4.98 Å². The van der Waals surface area contributed by atoms with Gasteiger partial charge in [-0.25, -0.2) is 0 Å². The number of ether oxygens (including phenoxy) is 2. The third kappa shape index (κ3) is 3.37. The van der Waals surface area contributed by atoms with Crippen molar-refractivity contribution in [2.24, 2.45) is 0 Å². The first-order valence-corrected chi connectivity index (χ1v) is 6.79. The number of rotatable bonds is 6. The van der Waals surface area contributed by atoms with E-state index in [0.717, 1.165) is 17.9 Å². The molecule has 0 aliphatic carbocycles. The second-order valence-electron chi connectivity index (χ2n) is 4.53. The first kappa shape index (κ1) is 15.0. The number of anilines is 1. The zero-order valence-electron chi connectivity index (χ0n) is 12.5. The molecule has 0 amide bonds. The minimum Gasteiger partial charge on any atom is -0.508 e. The van der Waals surface area contributed by atoms with Gasteiger partial charge in [-0.05, 0) is 19.1 Å². The van der Waals surface area contributed by atoms with Crippen molar-refractivity contribution in [3.8, 4) is 17.2 Å². The molecule has 0 aliphatic heterocycles. The van der Waals surface area contributed by atoms with Crippen LogP contribution >= 0.6 is 0 Å². The Bertz CT molecular complexity index is 602. The lowest BCUT2D eigenvalue weighted by atomic mass is 10.2. The normalized spacial score (nSPS) is 10.2. The Morgan fingerprint density at radius 1 is 1.19 bits per heavy atom. The summed E-state index contributed by atoms with van der Waals surface area (Å²) in [4.78, 5) is 6.49. The van der Waals surface area contributed by atoms with E-state index >= 15 is 0 Å². The molecule has 0 spiro atoms. The fourth-order valence-electron chi connectivity index (χ4n) is 2.22. The number of nitrogens with zero attached hydrogens (tertiary/aromatic N) is 2. The second-order valence-corrected chi connectivity index (χ2v) is 4.53. The Morgan fingerprint density at radius 3 is 2.62 bits per heavy atom. The third-order valence-corrected chi connectivity index (χ3v) is 3.28. The highest BCUT2D eigenvalue weighted by Crippen LogP contribution is 2.31. The van der Waals surface area contributed by atoms with Crippen molar-refractivity contribution in [2.45, 2.75) is 13.5 Å². The monoisotopic (exact) mass is 288 g/mol. The molecule has 5 heteroatoms. The predicted octanol–water partition coefficient (Wildman–Crippen LogP) is 2.83. The Labute approximate surface area is 124 Å². The molecule has 0 atom stereocenters. The summed E-state index contributed by atoms with van der Waals surface area (Å²) in [7, 11) is 3.21. The van der Waals surface area contributed by atoms with Crippen LogP contribution in [0.3, 0.4) is 0 Å². The zero-order valence-corrected chi connectivity index (χ0v) is 12.5. The van der Waals surface area contributed by atoms with Gasteiger partial charge in [0.15, 0.2) is 11.5 Å². The number of phenols is 1. The number of aromatic hydroxyl groups is 1. The lowest BCUT2D eigenvalue weighted by molar-refractivity contribution is 0.349. The maximum Gasteiger partial charge on any atom is 0.184 e. The van der Waals surface area contributed by atoms with E-state index in [0.29, 0.717) is 18.0 Å². The summed E-state index contributed by atoms with van der Waals surface area (Å²) in [5, 5.41) is 9.62. The van der Waals surface area contributed by atoms with Gasteiger partial charge >= 0.3 is 0 Å². The third-order valence-electron chi connectivity index (χ3n) is 3.28. The Balaban J connectivity index is 2.31. The molecule has 0 unspecified atom stereocenters. The number of hydrogen-bond acceptors (Lipinski definition) is 5. The Hall–Kier alpha value is -2.43. The first-order chi connectivity index (χ1) is 10.2. The van der Waals surface area contributed by atoms with Gasteiger partial charge < -0.3 is 19.5 Å². The average molecular weight is 288 g/mol. The highest BCUT2D eigenvalue weighted by Gasteiger charge is 2.14. The zero-order chi connectivity index (χ0) is 15.2. The van der Waals surface area contributed by atoms with Crippen molar-refractivity contribution in [3.05, 3.63) is 42.2 Å². The summed E-state index contributed by atoms with van der Waals surface area (Å²) in [6, 6.07) is 8.93. The largest absolute Gasteiger partial charge is 0.508 e. The molecule has 5 nitrogen and oxygen atoms in total. The van der Waals surface area contributed by atoms with Crippen LogP contribution in [-0.2, 0) is 6.54 Å². The van der Waals surface area contributed by atoms with Gasteiger partial charge in [-0.3, -0.25) is 4.98 Å². The molecule has 21 heavy (non-hydrogen) atoms. The standard InChI is InChI=1S/C16H20N2O3/c1-4-18(12-6-5-7-13(19)10-12)11-14-16(21-3)15(20-2)8-9-17-14/h5-10,19H,4,11H2,1-3H3. The summed E-state index contributed by atoms with van der Waals surface area (Å²) in [6.45, 7) is 3.41. The lowest BCUT2D eigenvalue weighted by Crippen LogP contribution is -2.23. The molecule has 112 valence electrons. The number of pyridine rings is 1. The van der Waals surface area contributed by atoms with Crippen LogP contribution in [0.25, 0.3) is 0 Å². The van der Waals surface area contributed by atoms with Crippen LogP contribution in [0.2, 0.25) is 0 Å². The Morgan fingerprint density at radius 2 is 2.00 bits per heavy atom. The lowest BCUT2D eigenvalue weighted by Gasteiger charge is -2.24. The van der Waals surface area contributed by atoms with E-state index < -0.39 is 0 Å². The van der Waals surface area contributed by atoms with Crippen LogP contribution < -0.4 is 14.4 Å². The van der Waals surface area contributed by atoms with Crippen molar-refractivity contribution >= 4 is 5.69 Å². The number of hydrogen-bond donors (Lipinski definition) is 1. The molecule has 1 N–H and O–H groups in total. The summed E-state index contributed by atoms with van der Waals surface area (Å²) in [6.07, 6.45) is 1.70. The fourth-order valence-corrected chi connectivity index (χ4v) is 2.22. The molecule has 0 bridgehead atoms. The van der Waals surface area contributed by atoms with E-state index in [4.69, 9.17) is 9.47 Å². The Kier molecular flexibility index (Phi) is 4.87. The van der Waals surface area contributed by atoms with E-state index in [2.05, 4.69) is 16.8 Å². The van der Waals surface area contributed by atoms with E-state index in [1.165, 1.54) is 0 Å². The highest BCUT2D eigenvalue weighted by atomic mass is 16.5. The summed E-state index contributed by atoms with van der Waals surface area (Å²) in [5.41, 5.74) is 1.73. The van der Waals surface area contributed by atoms with Crippen molar-refractivity contribution in [2.75, 3.05) is 25.7 Å². The van der Waals surface area contributed by atoms with Crippen LogP contribution in [0, 0.1) is 0 Å². The molecular weight excluding hydrogens is 268 g/mol. The fraction of sp³-hybridized carbons (Fsp3) is 0.312. The molecule has 0 aliphatic rings. The molecule has 0 saturated heterocycles. The van der Waals surface area contributed by atoms with Crippen LogP contribution in [-0.4, -0.2) is 30.9 Å². The number of benzene rings is 1. The minimum atomic E-state index is 0.247. The molecule has 1 heterocycles. The van der Waals surface area contributed by atoms with Gasteiger partial charge in [0, 0.05) is 30.6 Å². The van der Waals surface area contributed by atoms with Crippen LogP contribution in [0.1, 0.15) is 12.6 Å². The van der Waals surface area contributed by atoms with Crippen molar-refractivity contribution < 1.29 is 14.6 Å². The summed E-state index contributed by atoms with van der Waals surface area (Å²) < 4.78 is 10.7. The van der Waals surface area contributed by atoms with Gasteiger partial charge in [0.05, 0.1) is 20.8 Å². The average Bonchev–Trinajstić information content (AvgIpc) is 2.52. The summed E-state index contributed by atoms with van der Waals surface area (Å²) in [5.74, 6) is 1.55. The second kappa shape index (κ2) is 6.83.